The number of rotatable bonds is 7. The van der Waals surface area contributed by atoms with Crippen molar-refractivity contribution in [3.05, 3.63) is 52.5 Å². The molecule has 3 heterocycles. The first-order valence-corrected chi connectivity index (χ1v) is 7.96. The molecule has 0 amide bonds. The van der Waals surface area contributed by atoms with Gasteiger partial charge in [-0.2, -0.15) is 11.3 Å². The van der Waals surface area contributed by atoms with Gasteiger partial charge in [0.25, 0.3) is 0 Å². The van der Waals surface area contributed by atoms with Crippen LogP contribution in [0.15, 0.2) is 41.4 Å². The van der Waals surface area contributed by atoms with Gasteiger partial charge in [-0.1, -0.05) is 0 Å². The highest BCUT2D eigenvalue weighted by atomic mass is 32.1. The molecule has 0 saturated heterocycles. The number of thiophene rings is 1. The summed E-state index contributed by atoms with van der Waals surface area (Å²) in [6.45, 7) is 3.29. The van der Waals surface area contributed by atoms with Crippen LogP contribution in [0.1, 0.15) is 11.1 Å². The Bertz CT molecular complexity index is 691. The van der Waals surface area contributed by atoms with E-state index in [9.17, 15) is 0 Å². The van der Waals surface area contributed by atoms with Gasteiger partial charge >= 0.3 is 0 Å². The molecule has 5 heteroatoms. The van der Waals surface area contributed by atoms with Crippen LogP contribution in [0.2, 0.25) is 0 Å². The molecule has 0 spiro atoms. The minimum atomic E-state index is 0.728. The van der Waals surface area contributed by atoms with Crippen LogP contribution < -0.4 is 5.32 Å². The molecule has 0 radical (unpaired) electrons. The van der Waals surface area contributed by atoms with Crippen molar-refractivity contribution in [1.29, 1.82) is 0 Å². The molecule has 0 aliphatic heterocycles. The first-order chi connectivity index (χ1) is 10.4. The minimum Gasteiger partial charge on any atom is -0.383 e. The molecule has 0 bridgehead atoms. The average Bonchev–Trinajstić information content (AvgIpc) is 3.13. The second-order valence-electron chi connectivity index (χ2n) is 4.96. The summed E-state index contributed by atoms with van der Waals surface area (Å²) in [5.74, 6) is 0. The number of methoxy groups -OCH3 is 1. The van der Waals surface area contributed by atoms with Crippen LogP contribution in [-0.2, 0) is 17.8 Å². The molecule has 3 rings (SSSR count). The summed E-state index contributed by atoms with van der Waals surface area (Å²) in [4.78, 5) is 4.54. The summed E-state index contributed by atoms with van der Waals surface area (Å²) in [5.41, 5.74) is 3.65. The van der Waals surface area contributed by atoms with Crippen LogP contribution >= 0.6 is 11.3 Å². The van der Waals surface area contributed by atoms with Gasteiger partial charge < -0.3 is 14.6 Å². The number of nitrogens with zero attached hydrogens (tertiary/aromatic N) is 2. The first kappa shape index (κ1) is 14.3. The summed E-state index contributed by atoms with van der Waals surface area (Å²) in [5, 5.41) is 8.92. The van der Waals surface area contributed by atoms with E-state index in [1.54, 1.807) is 18.4 Å². The van der Waals surface area contributed by atoms with Crippen LogP contribution in [0, 0.1) is 0 Å². The maximum Gasteiger partial charge on any atom is 0.140 e. The molecule has 0 saturated carbocycles. The van der Waals surface area contributed by atoms with Crippen molar-refractivity contribution in [3.8, 4) is 0 Å². The van der Waals surface area contributed by atoms with Gasteiger partial charge in [0.1, 0.15) is 5.65 Å². The van der Waals surface area contributed by atoms with Crippen LogP contribution in [0.3, 0.4) is 0 Å². The normalized spacial score (nSPS) is 11.3. The summed E-state index contributed by atoms with van der Waals surface area (Å²) in [6, 6.07) is 6.30. The third-order valence-corrected chi connectivity index (χ3v) is 4.18. The largest absolute Gasteiger partial charge is 0.383 e. The van der Waals surface area contributed by atoms with Crippen molar-refractivity contribution in [1.82, 2.24) is 14.9 Å². The molecule has 0 aromatic carbocycles. The van der Waals surface area contributed by atoms with Gasteiger partial charge in [0, 0.05) is 44.5 Å². The monoisotopic (exact) mass is 301 g/mol. The Labute approximate surface area is 128 Å². The number of ether oxygens (including phenoxy) is 1. The molecule has 0 aliphatic carbocycles. The number of hydrogen-bond acceptors (Lipinski definition) is 4. The maximum atomic E-state index is 5.06. The molecule has 4 nitrogen and oxygen atoms in total. The highest BCUT2D eigenvalue weighted by molar-refractivity contribution is 7.07. The van der Waals surface area contributed by atoms with Crippen LogP contribution in [0.25, 0.3) is 11.0 Å². The van der Waals surface area contributed by atoms with E-state index < -0.39 is 0 Å². The molecule has 21 heavy (non-hydrogen) atoms. The van der Waals surface area contributed by atoms with E-state index in [-0.39, 0.29) is 0 Å². The van der Waals surface area contributed by atoms with E-state index in [2.05, 4.69) is 44.0 Å². The van der Waals surface area contributed by atoms with E-state index >= 15 is 0 Å². The molecule has 0 atom stereocenters. The van der Waals surface area contributed by atoms with Crippen molar-refractivity contribution < 1.29 is 4.74 Å². The lowest BCUT2D eigenvalue weighted by molar-refractivity contribution is 0.199. The van der Waals surface area contributed by atoms with Gasteiger partial charge in [0.2, 0.25) is 0 Å². The van der Waals surface area contributed by atoms with Crippen LogP contribution in [0.4, 0.5) is 0 Å². The van der Waals surface area contributed by atoms with E-state index in [1.165, 1.54) is 16.5 Å². The number of aromatic nitrogens is 2. The Balaban J connectivity index is 1.83. The van der Waals surface area contributed by atoms with Gasteiger partial charge in [0.15, 0.2) is 0 Å². The predicted molar refractivity (Wildman–Crippen MR) is 86.7 cm³/mol. The number of nitrogens with one attached hydrogen (secondary N) is 1. The Morgan fingerprint density at radius 2 is 2.33 bits per heavy atom. The van der Waals surface area contributed by atoms with Crippen molar-refractivity contribution in [2.75, 3.05) is 20.3 Å². The molecule has 0 fully saturated rings. The van der Waals surface area contributed by atoms with Gasteiger partial charge in [-0.15, -0.1) is 0 Å². The highest BCUT2D eigenvalue weighted by Crippen LogP contribution is 2.21. The lowest BCUT2D eigenvalue weighted by Crippen LogP contribution is -2.18. The third kappa shape index (κ3) is 3.32. The van der Waals surface area contributed by atoms with Gasteiger partial charge in [-0.25, -0.2) is 4.98 Å². The lowest BCUT2D eigenvalue weighted by Gasteiger charge is -2.02. The fourth-order valence-electron chi connectivity index (χ4n) is 2.43. The highest BCUT2D eigenvalue weighted by Gasteiger charge is 2.09. The molecule has 3 aromatic heterocycles. The van der Waals surface area contributed by atoms with E-state index in [4.69, 9.17) is 4.74 Å². The zero-order valence-corrected chi connectivity index (χ0v) is 12.9. The summed E-state index contributed by atoms with van der Waals surface area (Å²) < 4.78 is 7.29. The van der Waals surface area contributed by atoms with Crippen molar-refractivity contribution in [2.24, 2.45) is 0 Å². The topological polar surface area (TPSA) is 39.1 Å². The zero-order valence-electron chi connectivity index (χ0n) is 12.1. The van der Waals surface area contributed by atoms with Crippen LogP contribution in [0.5, 0.6) is 0 Å². The standard InChI is InChI=1S/C16H19N3OS/c1-20-7-6-17-9-14-11-19(10-13-4-8-21-12-13)16-15(14)3-2-5-18-16/h2-5,8,11-12,17H,6-7,9-10H2,1H3. The Hall–Kier alpha value is -1.69. The molecule has 0 aliphatic rings. The third-order valence-electron chi connectivity index (χ3n) is 3.45. The number of pyridine rings is 1. The van der Waals surface area contributed by atoms with Gasteiger partial charge in [0.05, 0.1) is 6.61 Å². The van der Waals surface area contributed by atoms with Gasteiger partial charge in [-0.05, 0) is 40.1 Å². The maximum absolute atomic E-state index is 5.06. The second kappa shape index (κ2) is 6.85. The molecule has 3 aromatic rings. The number of hydrogen-bond donors (Lipinski definition) is 1. The molecule has 1 N–H and O–H groups in total. The summed E-state index contributed by atoms with van der Waals surface area (Å²) in [6.07, 6.45) is 4.06. The van der Waals surface area contributed by atoms with Gasteiger partial charge in [-0.3, -0.25) is 0 Å². The summed E-state index contributed by atoms with van der Waals surface area (Å²) in [7, 11) is 1.72. The molecule has 110 valence electrons. The molecular formula is C16H19N3OS. The predicted octanol–water partition coefficient (Wildman–Crippen LogP) is 2.88. The second-order valence-corrected chi connectivity index (χ2v) is 5.74. The lowest BCUT2D eigenvalue weighted by atomic mass is 10.2. The Kier molecular flexibility index (Phi) is 4.65. The van der Waals surface area contributed by atoms with E-state index in [0.29, 0.717) is 0 Å². The number of fused-ring (bicyclic) bond motifs is 1. The minimum absolute atomic E-state index is 0.728. The van der Waals surface area contributed by atoms with Crippen molar-refractivity contribution >= 4 is 22.4 Å². The Morgan fingerprint density at radius 3 is 3.14 bits per heavy atom. The SMILES string of the molecule is COCCNCc1cn(Cc2ccsc2)c2ncccc12. The van der Waals surface area contributed by atoms with Crippen LogP contribution in [-0.4, -0.2) is 29.8 Å². The van der Waals surface area contributed by atoms with Crippen molar-refractivity contribution in [2.45, 2.75) is 13.1 Å². The van der Waals surface area contributed by atoms with E-state index in [1.807, 2.05) is 12.3 Å². The van der Waals surface area contributed by atoms with E-state index in [0.717, 1.165) is 31.9 Å². The van der Waals surface area contributed by atoms with Crippen molar-refractivity contribution in [3.63, 3.8) is 0 Å². The average molecular weight is 301 g/mol. The fourth-order valence-corrected chi connectivity index (χ4v) is 3.09. The summed E-state index contributed by atoms with van der Waals surface area (Å²) >= 11 is 1.73. The molecule has 0 unspecified atom stereocenters. The molecular weight excluding hydrogens is 282 g/mol. The Morgan fingerprint density at radius 1 is 1.38 bits per heavy atom. The first-order valence-electron chi connectivity index (χ1n) is 7.02. The quantitative estimate of drug-likeness (QED) is 0.682. The fraction of sp³-hybridized carbons (Fsp3) is 0.312. The smallest absolute Gasteiger partial charge is 0.140 e. The zero-order chi connectivity index (χ0) is 14.5.